The number of likely N-dealkylation sites (tertiary alicyclic amines) is 1. The van der Waals surface area contributed by atoms with Gasteiger partial charge in [-0.05, 0) is 37.4 Å². The second-order valence-corrected chi connectivity index (χ2v) is 13.5. The Balaban J connectivity index is 1.17. The highest BCUT2D eigenvalue weighted by molar-refractivity contribution is 7.88. The number of phenolic OH excluding ortho intramolecular Hbond substituents is 2. The molecule has 5 rings (SSSR count). The Kier molecular flexibility index (Phi) is 9.07. The van der Waals surface area contributed by atoms with Gasteiger partial charge in [0.2, 0.25) is 5.60 Å². The maximum absolute atomic E-state index is 13.0. The smallest absolute Gasteiger partial charge is 0.353 e. The molecule has 2 aliphatic heterocycles. The molecule has 264 valence electrons. The van der Waals surface area contributed by atoms with Crippen LogP contribution in [0.15, 0.2) is 34.9 Å². The quantitative estimate of drug-likeness (QED) is 0.0547. The molecule has 0 saturated carbocycles. The number of imide groups is 1. The number of fused-ring (bicyclic) bond motifs is 1. The highest BCUT2D eigenvalue weighted by atomic mass is 32.2. The molecular weight excluding hydrogens is 708 g/mol. The Morgan fingerprint density at radius 2 is 1.76 bits per heavy atom. The maximum atomic E-state index is 13.0. The van der Waals surface area contributed by atoms with Crippen LogP contribution in [0, 0.1) is 0 Å². The van der Waals surface area contributed by atoms with Crippen molar-refractivity contribution in [3.63, 3.8) is 0 Å². The van der Waals surface area contributed by atoms with Crippen LogP contribution in [0.2, 0.25) is 0 Å². The Bertz CT molecular complexity index is 2100. The summed E-state index contributed by atoms with van der Waals surface area (Å²) in [6, 6.07) is -0.370. The number of phenols is 2. The summed E-state index contributed by atoms with van der Waals surface area (Å²) in [6.07, 6.45) is 1.23. The van der Waals surface area contributed by atoms with Crippen LogP contribution in [-0.4, -0.2) is 121 Å². The van der Waals surface area contributed by atoms with E-state index in [0.717, 1.165) is 11.3 Å². The lowest BCUT2D eigenvalue weighted by Gasteiger charge is -2.36. The molecule has 2 aromatic heterocycles. The van der Waals surface area contributed by atoms with Crippen LogP contribution in [0.4, 0.5) is 14.7 Å². The molecule has 1 unspecified atom stereocenters. The van der Waals surface area contributed by atoms with Gasteiger partial charge < -0.3 is 31.2 Å². The summed E-state index contributed by atoms with van der Waals surface area (Å²) >= 11 is 0.932. The fourth-order valence-electron chi connectivity index (χ4n) is 4.28. The average Bonchev–Trinajstić information content (AvgIpc) is 3.63. The minimum Gasteiger partial charge on any atom is -0.504 e. The predicted molar refractivity (Wildman–Crippen MR) is 168 cm³/mol. The molecule has 2 aliphatic rings. The third kappa shape index (κ3) is 6.95. The molecule has 1 atom stereocenters. The first-order chi connectivity index (χ1) is 23.4. The topological polar surface area (TPSA) is 316 Å². The zero-order chi connectivity index (χ0) is 36.7. The summed E-state index contributed by atoms with van der Waals surface area (Å²) in [6.45, 7) is 0.986. The molecule has 4 heterocycles. The summed E-state index contributed by atoms with van der Waals surface area (Å²) < 4.78 is 27.6. The van der Waals surface area contributed by atoms with Gasteiger partial charge in [-0.25, -0.2) is 33.4 Å². The number of nitrogen functional groups attached to an aromatic ring is 1. The summed E-state index contributed by atoms with van der Waals surface area (Å²) in [5.74, 6) is -5.26. The fourth-order valence-corrected chi connectivity index (χ4v) is 5.90. The number of hydrogen-bond donors (Lipinski definition) is 7. The van der Waals surface area contributed by atoms with E-state index in [9.17, 15) is 52.5 Å². The summed E-state index contributed by atoms with van der Waals surface area (Å²) in [4.78, 5) is 88.6. The van der Waals surface area contributed by atoms with Gasteiger partial charge in [0.05, 0.1) is 19.6 Å². The minimum atomic E-state index is -4.90. The fraction of sp³-hybridized carbons (Fsp3) is 0.269. The Hall–Kier alpha value is -6.30. The molecule has 24 heteroatoms. The van der Waals surface area contributed by atoms with Gasteiger partial charge in [0.25, 0.3) is 17.7 Å². The van der Waals surface area contributed by atoms with Crippen molar-refractivity contribution < 1.29 is 57.3 Å². The largest absolute Gasteiger partial charge is 0.504 e. The van der Waals surface area contributed by atoms with E-state index in [2.05, 4.69) is 25.9 Å². The van der Waals surface area contributed by atoms with E-state index in [-0.39, 0.29) is 27.4 Å². The number of β-lactam (4-membered cyclic amide) rings is 1. The highest BCUT2D eigenvalue weighted by Crippen LogP contribution is 2.30. The number of oxime groups is 1. The lowest BCUT2D eigenvalue weighted by molar-refractivity contribution is -0.161. The van der Waals surface area contributed by atoms with Crippen LogP contribution in [0.1, 0.15) is 30.0 Å². The average molecular weight is 735 g/mol. The second kappa shape index (κ2) is 13.0. The SMILES string of the molecule is CC(C)(ON=C(C(=O)NC1CN(C(=O)NS(=O)(=O)N2CCN(NC(=O)c3cc4cc(O)c(O)cc4cn3)C2=O)C1=O)c1csc(N)n1)C(=O)O. The molecule has 2 saturated heterocycles. The number of aromatic hydroxyl groups is 2. The van der Waals surface area contributed by atoms with E-state index >= 15 is 0 Å². The normalized spacial score (nSPS) is 16.6. The zero-order valence-corrected chi connectivity index (χ0v) is 27.3. The molecule has 22 nitrogen and oxygen atoms in total. The Morgan fingerprint density at radius 3 is 2.38 bits per heavy atom. The number of nitrogens with zero attached hydrogens (tertiary/aromatic N) is 6. The number of carbonyl (C=O) groups is 6. The number of carbonyl (C=O) groups excluding carboxylic acids is 5. The summed E-state index contributed by atoms with van der Waals surface area (Å²) in [5, 5.41) is 37.2. The van der Waals surface area contributed by atoms with E-state index in [0.29, 0.717) is 20.7 Å². The van der Waals surface area contributed by atoms with Gasteiger partial charge in [-0.3, -0.25) is 29.7 Å². The number of benzene rings is 1. The number of hydrazine groups is 1. The molecule has 0 aliphatic carbocycles. The number of carboxylic acids is 1. The first-order valence-corrected chi connectivity index (χ1v) is 16.3. The van der Waals surface area contributed by atoms with Crippen molar-refractivity contribution in [2.45, 2.75) is 25.5 Å². The van der Waals surface area contributed by atoms with Gasteiger partial charge in [0, 0.05) is 17.0 Å². The molecule has 3 aromatic rings. The van der Waals surface area contributed by atoms with Crippen molar-refractivity contribution in [3.8, 4) is 11.5 Å². The van der Waals surface area contributed by atoms with E-state index in [1.807, 2.05) is 0 Å². The minimum absolute atomic E-state index is 0.0372. The molecule has 1 aromatic carbocycles. The van der Waals surface area contributed by atoms with E-state index in [1.54, 1.807) is 4.72 Å². The number of carboxylic acid groups (broad SMARTS) is 1. The van der Waals surface area contributed by atoms with Crippen LogP contribution >= 0.6 is 11.3 Å². The third-order valence-corrected chi connectivity index (χ3v) is 9.13. The number of nitrogens with one attached hydrogen (secondary N) is 3. The Labute approximate surface area is 284 Å². The predicted octanol–water partition coefficient (Wildman–Crippen LogP) is -1.37. The summed E-state index contributed by atoms with van der Waals surface area (Å²) in [7, 11) is -4.90. The molecular formula is C26H26N10O12S2. The molecule has 2 fully saturated rings. The van der Waals surface area contributed by atoms with Crippen molar-refractivity contribution in [2.75, 3.05) is 25.4 Å². The first-order valence-electron chi connectivity index (χ1n) is 14.0. The van der Waals surface area contributed by atoms with Gasteiger partial charge in [-0.15, -0.1) is 11.3 Å². The van der Waals surface area contributed by atoms with Gasteiger partial charge in [-0.1, -0.05) is 5.16 Å². The monoisotopic (exact) mass is 734 g/mol. The summed E-state index contributed by atoms with van der Waals surface area (Å²) in [5.41, 5.74) is 5.10. The van der Waals surface area contributed by atoms with E-state index in [4.69, 9.17) is 10.6 Å². The lowest BCUT2D eigenvalue weighted by Crippen LogP contribution is -2.68. The number of nitrogens with two attached hydrogens (primary N) is 1. The molecule has 50 heavy (non-hydrogen) atoms. The van der Waals surface area contributed by atoms with Crippen LogP contribution in [-0.2, 0) is 29.4 Å². The molecule has 8 N–H and O–H groups in total. The standard InChI is InChI=1S/C26H26N10O12S2/c1-26(2,22(42)43)48-32-18(15-10-49-23(27)30-15)20(40)29-14-9-34(21(14)41)24(44)33-50(46,47)36-4-3-35(25(36)45)31-19(39)13-5-11-6-16(37)17(38)7-12(11)8-28-13/h5-8,10,14,37-38H,3-4,9H2,1-2H3,(H2,27,30)(H,29,40)(H,31,39)(H,33,44)(H,42,43). The Morgan fingerprint density at radius 1 is 1.08 bits per heavy atom. The number of hydrogen-bond acceptors (Lipinski definition) is 16. The van der Waals surface area contributed by atoms with Crippen LogP contribution in [0.5, 0.6) is 11.5 Å². The maximum Gasteiger partial charge on any atom is 0.353 e. The van der Waals surface area contributed by atoms with E-state index < -0.39 is 87.9 Å². The van der Waals surface area contributed by atoms with Gasteiger partial charge in [0.1, 0.15) is 17.4 Å². The highest BCUT2D eigenvalue weighted by Gasteiger charge is 2.46. The van der Waals surface area contributed by atoms with Crippen molar-refractivity contribution >= 4 is 78.9 Å². The molecule has 0 spiro atoms. The van der Waals surface area contributed by atoms with Crippen molar-refractivity contribution in [2.24, 2.45) is 5.16 Å². The van der Waals surface area contributed by atoms with Gasteiger partial charge >= 0.3 is 28.2 Å². The number of thiazole rings is 1. The van der Waals surface area contributed by atoms with Crippen LogP contribution in [0.3, 0.4) is 0 Å². The number of rotatable bonds is 10. The molecule has 0 radical (unpaired) electrons. The van der Waals surface area contributed by atoms with E-state index in [1.165, 1.54) is 43.6 Å². The zero-order valence-electron chi connectivity index (χ0n) is 25.7. The van der Waals surface area contributed by atoms with Crippen molar-refractivity contribution in [3.05, 3.63) is 41.2 Å². The van der Waals surface area contributed by atoms with Crippen LogP contribution in [0.25, 0.3) is 10.8 Å². The number of pyridine rings is 1. The van der Waals surface area contributed by atoms with Gasteiger partial charge in [-0.2, -0.15) is 8.42 Å². The second-order valence-electron chi connectivity index (χ2n) is 11.0. The third-order valence-electron chi connectivity index (χ3n) is 7.10. The van der Waals surface area contributed by atoms with Crippen LogP contribution < -0.4 is 21.2 Å². The first kappa shape index (κ1) is 35.0. The lowest BCUT2D eigenvalue weighted by atomic mass is 10.1. The molecule has 7 amide bonds. The molecule has 0 bridgehead atoms. The number of aromatic nitrogens is 2. The number of aliphatic carboxylic acids is 1. The number of amides is 7. The van der Waals surface area contributed by atoms with Crippen molar-refractivity contribution in [1.82, 2.24) is 39.6 Å². The van der Waals surface area contributed by atoms with Crippen molar-refractivity contribution in [1.29, 1.82) is 0 Å². The number of urea groups is 2. The number of anilines is 1. The van der Waals surface area contributed by atoms with Gasteiger partial charge in [0.15, 0.2) is 22.3 Å².